The Bertz CT molecular complexity index is 405. The molecule has 1 fully saturated rings. The highest BCUT2D eigenvalue weighted by Crippen LogP contribution is 2.21. The van der Waals surface area contributed by atoms with E-state index in [2.05, 4.69) is 27.4 Å². The molecule has 0 radical (unpaired) electrons. The van der Waals surface area contributed by atoms with Gasteiger partial charge in [-0.05, 0) is 45.1 Å². The molecule has 0 unspecified atom stereocenters. The predicted octanol–water partition coefficient (Wildman–Crippen LogP) is 3.07. The second-order valence-electron chi connectivity index (χ2n) is 4.84. The van der Waals surface area contributed by atoms with Crippen molar-refractivity contribution in [3.8, 4) is 0 Å². The summed E-state index contributed by atoms with van der Waals surface area (Å²) in [6, 6.07) is 1.96. The summed E-state index contributed by atoms with van der Waals surface area (Å²) in [5, 5.41) is 4.46. The molecule has 0 saturated heterocycles. The number of aryl methyl sites for hydroxylation is 2. The molecule has 1 atom stereocenters. The molecule has 0 aliphatic heterocycles. The molecule has 4 nitrogen and oxygen atoms in total. The van der Waals surface area contributed by atoms with Crippen LogP contribution in [-0.4, -0.2) is 15.7 Å². The Morgan fingerprint density at radius 2 is 1.94 bits per heavy atom. The van der Waals surface area contributed by atoms with Crippen LogP contribution >= 0.6 is 0 Å². The first-order chi connectivity index (χ1) is 8.15. The molecule has 1 heterocycles. The molecule has 1 aliphatic rings. The maximum absolute atomic E-state index is 4.46. The number of nitrogens with one attached hydrogen (secondary N) is 1. The van der Waals surface area contributed by atoms with Gasteiger partial charge < -0.3 is 0 Å². The van der Waals surface area contributed by atoms with E-state index in [-0.39, 0.29) is 0 Å². The molecule has 92 valence electrons. The molecule has 0 amide bonds. The number of hydrogen-bond acceptors (Lipinski definition) is 4. The molecule has 2 rings (SSSR count). The van der Waals surface area contributed by atoms with Crippen LogP contribution in [-0.2, 0) is 0 Å². The van der Waals surface area contributed by atoms with Crippen LogP contribution in [0.5, 0.6) is 0 Å². The van der Waals surface area contributed by atoms with Gasteiger partial charge in [-0.2, -0.15) is 5.10 Å². The maximum atomic E-state index is 4.46. The van der Waals surface area contributed by atoms with Crippen LogP contribution in [0.15, 0.2) is 11.2 Å². The zero-order chi connectivity index (χ0) is 12.3. The average molecular weight is 232 g/mol. The third kappa shape index (κ3) is 3.25. The predicted molar refractivity (Wildman–Crippen MR) is 70.2 cm³/mol. The van der Waals surface area contributed by atoms with E-state index in [9.17, 15) is 0 Å². The van der Waals surface area contributed by atoms with E-state index in [1.807, 2.05) is 19.9 Å². The molecule has 1 aromatic rings. The minimum atomic E-state index is 0.585. The summed E-state index contributed by atoms with van der Waals surface area (Å²) >= 11 is 0. The summed E-state index contributed by atoms with van der Waals surface area (Å²) < 4.78 is 0. The molecule has 0 aromatic carbocycles. The van der Waals surface area contributed by atoms with Crippen LogP contribution in [0, 0.1) is 19.8 Å². The second kappa shape index (κ2) is 5.25. The Balaban J connectivity index is 2.07. The van der Waals surface area contributed by atoms with Crippen molar-refractivity contribution in [2.24, 2.45) is 11.0 Å². The fourth-order valence-electron chi connectivity index (χ4n) is 2.23. The molecule has 1 saturated carbocycles. The topological polar surface area (TPSA) is 50.2 Å². The first-order valence-electron chi connectivity index (χ1n) is 6.30. The smallest absolute Gasteiger partial charge is 0.243 e. The van der Waals surface area contributed by atoms with Gasteiger partial charge in [0.15, 0.2) is 0 Å². The van der Waals surface area contributed by atoms with E-state index >= 15 is 0 Å². The third-order valence-electron chi connectivity index (χ3n) is 3.17. The van der Waals surface area contributed by atoms with Gasteiger partial charge in [0, 0.05) is 17.1 Å². The first-order valence-corrected chi connectivity index (χ1v) is 6.30. The SMILES string of the molecule is Cc1cc(C)nc(N/N=C2/CCCC[C@H]2C)n1. The summed E-state index contributed by atoms with van der Waals surface area (Å²) in [4.78, 5) is 8.63. The van der Waals surface area contributed by atoms with Crippen molar-refractivity contribution in [1.29, 1.82) is 0 Å². The van der Waals surface area contributed by atoms with Crippen molar-refractivity contribution in [3.05, 3.63) is 17.5 Å². The molecule has 17 heavy (non-hydrogen) atoms. The molecule has 1 aliphatic carbocycles. The Hall–Kier alpha value is -1.45. The van der Waals surface area contributed by atoms with Gasteiger partial charge in [0.2, 0.25) is 5.95 Å². The zero-order valence-electron chi connectivity index (χ0n) is 10.8. The lowest BCUT2D eigenvalue weighted by Crippen LogP contribution is -2.18. The van der Waals surface area contributed by atoms with Crippen LogP contribution in [0.25, 0.3) is 0 Å². The van der Waals surface area contributed by atoms with E-state index in [4.69, 9.17) is 0 Å². The van der Waals surface area contributed by atoms with E-state index in [1.165, 1.54) is 25.0 Å². The lowest BCUT2D eigenvalue weighted by atomic mass is 9.89. The quantitative estimate of drug-likeness (QED) is 0.797. The van der Waals surface area contributed by atoms with E-state index in [0.717, 1.165) is 17.8 Å². The van der Waals surface area contributed by atoms with Gasteiger partial charge in [-0.15, -0.1) is 0 Å². The van der Waals surface area contributed by atoms with Crippen LogP contribution in [0.4, 0.5) is 5.95 Å². The van der Waals surface area contributed by atoms with Crippen LogP contribution in [0.3, 0.4) is 0 Å². The Labute approximate surface area is 103 Å². The van der Waals surface area contributed by atoms with Crippen molar-refractivity contribution in [1.82, 2.24) is 9.97 Å². The summed E-state index contributed by atoms with van der Waals surface area (Å²) in [7, 11) is 0. The van der Waals surface area contributed by atoms with Crippen molar-refractivity contribution >= 4 is 11.7 Å². The van der Waals surface area contributed by atoms with Crippen molar-refractivity contribution < 1.29 is 0 Å². The van der Waals surface area contributed by atoms with Gasteiger partial charge >= 0.3 is 0 Å². The summed E-state index contributed by atoms with van der Waals surface area (Å²) in [6.07, 6.45) is 4.91. The molecular weight excluding hydrogens is 212 g/mol. The van der Waals surface area contributed by atoms with E-state index in [1.54, 1.807) is 0 Å². The lowest BCUT2D eigenvalue weighted by Gasteiger charge is -2.19. The number of hydrogen-bond donors (Lipinski definition) is 1. The van der Waals surface area contributed by atoms with Gasteiger partial charge in [0.1, 0.15) is 0 Å². The fraction of sp³-hybridized carbons (Fsp3) is 0.615. The Morgan fingerprint density at radius 3 is 2.59 bits per heavy atom. The first kappa shape index (κ1) is 12.0. The van der Waals surface area contributed by atoms with Crippen LogP contribution in [0.2, 0.25) is 0 Å². The standard InChI is InChI=1S/C13H20N4/c1-9-6-4-5-7-12(9)16-17-13-14-10(2)8-11(3)15-13/h8-9H,4-7H2,1-3H3,(H,14,15,17)/b16-12-/t9-/m1/s1. The highest BCUT2D eigenvalue weighted by molar-refractivity contribution is 5.87. The van der Waals surface area contributed by atoms with Crippen LogP contribution in [0.1, 0.15) is 44.0 Å². The summed E-state index contributed by atoms with van der Waals surface area (Å²) in [5.74, 6) is 1.19. The van der Waals surface area contributed by atoms with Crippen molar-refractivity contribution in [2.75, 3.05) is 5.43 Å². The fourth-order valence-corrected chi connectivity index (χ4v) is 2.23. The van der Waals surface area contributed by atoms with Gasteiger partial charge in [0.25, 0.3) is 0 Å². The molecule has 0 spiro atoms. The Morgan fingerprint density at radius 1 is 1.24 bits per heavy atom. The summed E-state index contributed by atoms with van der Waals surface area (Å²) in [6.45, 7) is 6.18. The van der Waals surface area contributed by atoms with Gasteiger partial charge in [-0.25, -0.2) is 15.4 Å². The average Bonchev–Trinajstić information content (AvgIpc) is 2.27. The largest absolute Gasteiger partial charge is 0.245 e. The minimum absolute atomic E-state index is 0.585. The van der Waals surface area contributed by atoms with E-state index in [0.29, 0.717) is 11.9 Å². The number of nitrogens with zero attached hydrogens (tertiary/aromatic N) is 3. The number of hydrazone groups is 1. The number of rotatable bonds is 2. The van der Waals surface area contributed by atoms with Gasteiger partial charge in [-0.3, -0.25) is 0 Å². The van der Waals surface area contributed by atoms with Gasteiger partial charge in [0.05, 0.1) is 0 Å². The van der Waals surface area contributed by atoms with Crippen molar-refractivity contribution in [2.45, 2.75) is 46.5 Å². The molecule has 4 heteroatoms. The third-order valence-corrected chi connectivity index (χ3v) is 3.17. The number of aromatic nitrogens is 2. The molecule has 0 bridgehead atoms. The van der Waals surface area contributed by atoms with E-state index < -0.39 is 0 Å². The van der Waals surface area contributed by atoms with Crippen LogP contribution < -0.4 is 5.43 Å². The zero-order valence-corrected chi connectivity index (χ0v) is 10.8. The summed E-state index contributed by atoms with van der Waals surface area (Å²) in [5.41, 5.74) is 6.18. The maximum Gasteiger partial charge on any atom is 0.243 e. The normalized spacial score (nSPS) is 22.8. The number of anilines is 1. The molecule has 1 N–H and O–H groups in total. The highest BCUT2D eigenvalue weighted by atomic mass is 15.4. The highest BCUT2D eigenvalue weighted by Gasteiger charge is 2.15. The van der Waals surface area contributed by atoms with Crippen molar-refractivity contribution in [3.63, 3.8) is 0 Å². The van der Waals surface area contributed by atoms with Gasteiger partial charge in [-0.1, -0.05) is 13.3 Å². The monoisotopic (exact) mass is 232 g/mol. The molecular formula is C13H20N4. The Kier molecular flexibility index (Phi) is 3.71. The molecule has 1 aromatic heterocycles. The lowest BCUT2D eigenvalue weighted by molar-refractivity contribution is 0.558. The second-order valence-corrected chi connectivity index (χ2v) is 4.84. The minimum Gasteiger partial charge on any atom is -0.245 e.